The van der Waals surface area contributed by atoms with Gasteiger partial charge >= 0.3 is 0 Å². The van der Waals surface area contributed by atoms with E-state index >= 15 is 0 Å². The maximum atomic E-state index is 6.75. The Morgan fingerprint density at radius 3 is 1.51 bits per heavy atom. The van der Waals surface area contributed by atoms with E-state index in [1.807, 2.05) is 12.1 Å². The molecule has 0 fully saturated rings. The van der Waals surface area contributed by atoms with Crippen LogP contribution in [0.2, 0.25) is 0 Å². The predicted octanol–water partition coefficient (Wildman–Crippen LogP) is 13.7. The Morgan fingerprint density at radius 1 is 0.396 bits per heavy atom. The second kappa shape index (κ2) is 10.5. The number of para-hydroxylation sites is 4. The molecule has 0 unspecified atom stereocenters. The largest absolute Gasteiger partial charge is 0.454 e. The lowest BCUT2D eigenvalue weighted by molar-refractivity contribution is 0.670. The van der Waals surface area contributed by atoms with E-state index in [4.69, 9.17) is 8.83 Å². The van der Waals surface area contributed by atoms with E-state index in [9.17, 15) is 0 Å². The van der Waals surface area contributed by atoms with Crippen LogP contribution in [0.15, 0.2) is 173 Å². The zero-order valence-electron chi connectivity index (χ0n) is 28.8. The molecule has 0 saturated heterocycles. The summed E-state index contributed by atoms with van der Waals surface area (Å²) in [5.74, 6) is 0. The molecule has 0 radical (unpaired) electrons. The van der Waals surface area contributed by atoms with Crippen LogP contribution in [0.5, 0.6) is 0 Å². The summed E-state index contributed by atoms with van der Waals surface area (Å²) in [4.78, 5) is 2.27. The van der Waals surface area contributed by atoms with Crippen LogP contribution in [-0.4, -0.2) is 11.4 Å². The first-order chi connectivity index (χ1) is 26.2. The minimum absolute atomic E-state index is 0.891. The highest BCUT2D eigenvalue weighted by Gasteiger charge is 2.26. The Labute approximate surface area is 303 Å². The van der Waals surface area contributed by atoms with Gasteiger partial charge in [-0.3, -0.25) is 0 Å². The van der Waals surface area contributed by atoms with E-state index in [0.29, 0.717) is 0 Å². The lowest BCUT2D eigenvalue weighted by Crippen LogP contribution is -2.10. The fourth-order valence-electron chi connectivity index (χ4n) is 8.96. The van der Waals surface area contributed by atoms with Crippen molar-refractivity contribution < 1.29 is 8.83 Å². The van der Waals surface area contributed by atoms with Gasteiger partial charge in [0.1, 0.15) is 11.2 Å². The average Bonchev–Trinajstić information content (AvgIpc) is 3.97. The van der Waals surface area contributed by atoms with Crippen LogP contribution in [0, 0.1) is 0 Å². The summed E-state index contributed by atoms with van der Waals surface area (Å²) in [5.41, 5.74) is 13.9. The normalized spacial score (nSPS) is 12.2. The highest BCUT2D eigenvalue weighted by molar-refractivity contribution is 6.32. The molecule has 4 nitrogen and oxygen atoms in total. The molecule has 0 N–H and O–H groups in total. The lowest BCUT2D eigenvalue weighted by atomic mass is 9.91. The number of anilines is 2. The molecule has 12 rings (SSSR count). The maximum Gasteiger partial charge on any atom is 0.160 e. The molecule has 4 heteroatoms. The highest BCUT2D eigenvalue weighted by atomic mass is 16.3. The van der Waals surface area contributed by atoms with E-state index in [-0.39, 0.29) is 0 Å². The molecule has 12 aromatic rings. The van der Waals surface area contributed by atoms with Crippen LogP contribution in [0.3, 0.4) is 0 Å². The van der Waals surface area contributed by atoms with Gasteiger partial charge in [-0.2, -0.15) is 0 Å². The summed E-state index contributed by atoms with van der Waals surface area (Å²) in [7, 11) is 2.15. The molecule has 53 heavy (non-hydrogen) atoms. The summed E-state index contributed by atoms with van der Waals surface area (Å²) >= 11 is 0. The summed E-state index contributed by atoms with van der Waals surface area (Å²) in [6, 6.07) is 58.6. The van der Waals surface area contributed by atoms with Crippen molar-refractivity contribution in [3.05, 3.63) is 164 Å². The molecule has 4 aromatic heterocycles. The van der Waals surface area contributed by atoms with Crippen LogP contribution in [0.1, 0.15) is 0 Å². The fourth-order valence-corrected chi connectivity index (χ4v) is 8.96. The van der Waals surface area contributed by atoms with E-state index < -0.39 is 0 Å². The van der Waals surface area contributed by atoms with Crippen LogP contribution < -0.4 is 4.90 Å². The Bertz CT molecular complexity index is 3260. The Hall–Kier alpha value is -7.04. The minimum Gasteiger partial charge on any atom is -0.454 e. The number of fused-ring (bicyclic) bond motifs is 14. The molecule has 8 aromatic carbocycles. The Kier molecular flexibility index (Phi) is 5.67. The van der Waals surface area contributed by atoms with Crippen LogP contribution >= 0.6 is 0 Å². The third-order valence-electron chi connectivity index (χ3n) is 11.3. The zero-order valence-corrected chi connectivity index (χ0v) is 28.8. The molecular formula is C49H30N2O2. The fraction of sp³-hybridized carbons (Fsp3) is 0.0204. The van der Waals surface area contributed by atoms with Gasteiger partial charge in [-0.15, -0.1) is 0 Å². The maximum absolute atomic E-state index is 6.75. The number of furan rings is 2. The number of hydrogen-bond acceptors (Lipinski definition) is 3. The quantitative estimate of drug-likeness (QED) is 0.186. The SMILES string of the molecule is CN(c1ccccc1)c1ccccc1-c1ccccc1-c1cc2c3ccc4c5ccccc5oc4c3n3c2c(c1)c1ccc2c4ccccc4oc2c13. The van der Waals surface area contributed by atoms with E-state index in [0.717, 1.165) is 77.1 Å². The van der Waals surface area contributed by atoms with Crippen molar-refractivity contribution in [3.63, 3.8) is 0 Å². The molecule has 0 amide bonds. The summed E-state index contributed by atoms with van der Waals surface area (Å²) < 4.78 is 15.9. The number of hydrogen-bond donors (Lipinski definition) is 0. The molecule has 4 heterocycles. The molecule has 0 saturated carbocycles. The van der Waals surface area contributed by atoms with Gasteiger partial charge in [-0.05, 0) is 71.3 Å². The molecule has 0 spiro atoms. The van der Waals surface area contributed by atoms with Crippen LogP contribution in [-0.2, 0) is 0 Å². The number of aromatic nitrogens is 1. The van der Waals surface area contributed by atoms with Gasteiger partial charge in [-0.1, -0.05) is 109 Å². The number of nitrogens with zero attached hydrogens (tertiary/aromatic N) is 2. The first-order valence-electron chi connectivity index (χ1n) is 18.1. The predicted molar refractivity (Wildman–Crippen MR) is 221 cm³/mol. The van der Waals surface area contributed by atoms with Crippen molar-refractivity contribution >= 4 is 93.3 Å². The van der Waals surface area contributed by atoms with Crippen molar-refractivity contribution in [2.24, 2.45) is 0 Å². The molecule has 0 aliphatic carbocycles. The lowest BCUT2D eigenvalue weighted by Gasteiger charge is -2.24. The third kappa shape index (κ3) is 3.84. The van der Waals surface area contributed by atoms with Crippen molar-refractivity contribution in [1.82, 2.24) is 4.40 Å². The highest BCUT2D eigenvalue weighted by Crippen LogP contribution is 2.49. The van der Waals surface area contributed by atoms with Gasteiger partial charge in [0, 0.05) is 67.1 Å². The smallest absolute Gasteiger partial charge is 0.160 e. The Balaban J connectivity index is 1.21. The summed E-state index contributed by atoms with van der Waals surface area (Å²) in [6.45, 7) is 0. The van der Waals surface area contributed by atoms with Crippen LogP contribution in [0.25, 0.3) is 104 Å². The number of rotatable bonds is 4. The average molecular weight is 679 g/mol. The van der Waals surface area contributed by atoms with Gasteiger partial charge in [0.05, 0.1) is 16.6 Å². The summed E-state index contributed by atoms with van der Waals surface area (Å²) in [6.07, 6.45) is 0. The van der Waals surface area contributed by atoms with Gasteiger partial charge < -0.3 is 18.1 Å². The third-order valence-corrected chi connectivity index (χ3v) is 11.3. The molecule has 0 aliphatic rings. The van der Waals surface area contributed by atoms with Gasteiger partial charge in [-0.25, -0.2) is 0 Å². The van der Waals surface area contributed by atoms with Crippen molar-refractivity contribution in [2.45, 2.75) is 0 Å². The first kappa shape index (κ1) is 28.6. The van der Waals surface area contributed by atoms with E-state index in [1.54, 1.807) is 0 Å². The Morgan fingerprint density at radius 2 is 0.887 bits per heavy atom. The van der Waals surface area contributed by atoms with Gasteiger partial charge in [0.2, 0.25) is 0 Å². The minimum atomic E-state index is 0.891. The monoisotopic (exact) mass is 678 g/mol. The first-order valence-corrected chi connectivity index (χ1v) is 18.1. The molecule has 0 bridgehead atoms. The van der Waals surface area contributed by atoms with Crippen molar-refractivity contribution in [2.75, 3.05) is 11.9 Å². The topological polar surface area (TPSA) is 33.9 Å². The summed E-state index contributed by atoms with van der Waals surface area (Å²) in [5, 5.41) is 9.19. The van der Waals surface area contributed by atoms with Gasteiger partial charge in [0.15, 0.2) is 11.2 Å². The van der Waals surface area contributed by atoms with Crippen LogP contribution in [0.4, 0.5) is 11.4 Å². The molecule has 0 atom stereocenters. The second-order valence-corrected chi connectivity index (χ2v) is 14.1. The molecule has 248 valence electrons. The van der Waals surface area contributed by atoms with E-state index in [1.165, 1.54) is 38.5 Å². The van der Waals surface area contributed by atoms with Crippen molar-refractivity contribution in [1.29, 1.82) is 0 Å². The second-order valence-electron chi connectivity index (χ2n) is 14.1. The zero-order chi connectivity index (χ0) is 34.8. The van der Waals surface area contributed by atoms with E-state index in [2.05, 4.69) is 168 Å². The molecule has 0 aliphatic heterocycles. The standard InChI is InChI=1S/C49H30N2O2/c1-50(30-13-3-2-4-14-30)42-20-10-7-17-33(42)32-16-6-5-15-31(32)29-27-40-36-23-25-38-34-18-8-11-21-43(34)52-48(38)46(36)51-45(40)41(28-29)37-24-26-39-35-19-9-12-22-44(35)53-49(39)47(37)51/h2-28H,1H3. The number of benzene rings is 8. The molecular weight excluding hydrogens is 649 g/mol. The van der Waals surface area contributed by atoms with Crippen molar-refractivity contribution in [3.8, 4) is 22.3 Å². The van der Waals surface area contributed by atoms with Gasteiger partial charge in [0.25, 0.3) is 0 Å².